The number of carbonyl (C=O) groups is 1. The Bertz CT molecular complexity index is 669. The first kappa shape index (κ1) is 16.6. The van der Waals surface area contributed by atoms with E-state index in [4.69, 9.17) is 4.74 Å². The van der Waals surface area contributed by atoms with Crippen molar-refractivity contribution in [3.8, 4) is 0 Å². The average molecular weight is 328 g/mol. The van der Waals surface area contributed by atoms with Gasteiger partial charge in [0.05, 0.1) is 13.2 Å². The molecule has 0 unspecified atom stereocenters. The van der Waals surface area contributed by atoms with E-state index in [0.717, 1.165) is 16.4 Å². The van der Waals surface area contributed by atoms with Crippen molar-refractivity contribution in [1.82, 2.24) is 9.62 Å². The molecule has 0 atom stereocenters. The number of sulfonamides is 1. The van der Waals surface area contributed by atoms with Gasteiger partial charge in [0.25, 0.3) is 5.91 Å². The van der Waals surface area contributed by atoms with Gasteiger partial charge < -0.3 is 10.1 Å². The van der Waals surface area contributed by atoms with Crippen molar-refractivity contribution in [3.63, 3.8) is 0 Å². The minimum atomic E-state index is -3.99. The highest BCUT2D eigenvalue weighted by Crippen LogP contribution is 2.21. The first-order valence-corrected chi connectivity index (χ1v) is 8.17. The van der Waals surface area contributed by atoms with Gasteiger partial charge in [0.2, 0.25) is 10.0 Å². The lowest BCUT2D eigenvalue weighted by Gasteiger charge is -2.26. The number of rotatable bonds is 5. The lowest BCUT2D eigenvalue weighted by molar-refractivity contribution is 0.0729. The van der Waals surface area contributed by atoms with E-state index in [1.165, 1.54) is 12.1 Å². The van der Waals surface area contributed by atoms with Gasteiger partial charge in [-0.15, -0.1) is 6.58 Å². The molecular formula is C14H17FN2O4S. The van der Waals surface area contributed by atoms with Crippen molar-refractivity contribution >= 4 is 15.9 Å². The molecule has 0 spiro atoms. The number of hydrogen-bond donors (Lipinski definition) is 1. The molecule has 22 heavy (non-hydrogen) atoms. The lowest BCUT2D eigenvalue weighted by atomic mass is 10.2. The maximum absolute atomic E-state index is 14.0. The molecule has 6 nitrogen and oxygen atoms in total. The van der Waals surface area contributed by atoms with E-state index in [1.807, 2.05) is 0 Å². The van der Waals surface area contributed by atoms with Gasteiger partial charge in [0, 0.05) is 25.2 Å². The summed E-state index contributed by atoms with van der Waals surface area (Å²) in [5.74, 6) is -1.37. The Balaban J connectivity index is 2.33. The Hall–Kier alpha value is -1.77. The third-order valence-corrected chi connectivity index (χ3v) is 5.10. The van der Waals surface area contributed by atoms with Gasteiger partial charge in [0.1, 0.15) is 10.7 Å². The third-order valence-electron chi connectivity index (χ3n) is 3.19. The predicted octanol–water partition coefficient (Wildman–Crippen LogP) is 0.762. The van der Waals surface area contributed by atoms with Crippen LogP contribution in [-0.2, 0) is 14.8 Å². The second-order valence-corrected chi connectivity index (χ2v) is 6.57. The standard InChI is InChI=1S/C14H17FN2O4S/c1-2-5-16-14(18)11-3-4-12(15)13(10-11)22(19,20)17-6-8-21-9-7-17/h2-4,10H,1,5-9H2,(H,16,18). The van der Waals surface area contributed by atoms with Crippen molar-refractivity contribution in [2.45, 2.75) is 4.90 Å². The molecule has 0 radical (unpaired) electrons. The quantitative estimate of drug-likeness (QED) is 0.810. The number of ether oxygens (including phenoxy) is 1. The van der Waals surface area contributed by atoms with Crippen molar-refractivity contribution in [2.24, 2.45) is 0 Å². The molecule has 0 bridgehead atoms. The lowest BCUT2D eigenvalue weighted by Crippen LogP contribution is -2.41. The molecule has 0 aliphatic carbocycles. The van der Waals surface area contributed by atoms with Gasteiger partial charge in [-0.25, -0.2) is 12.8 Å². The zero-order valence-electron chi connectivity index (χ0n) is 11.9. The van der Waals surface area contributed by atoms with Crippen molar-refractivity contribution in [3.05, 3.63) is 42.2 Å². The Morgan fingerprint density at radius 2 is 2.09 bits per heavy atom. The fourth-order valence-corrected chi connectivity index (χ4v) is 3.53. The summed E-state index contributed by atoms with van der Waals surface area (Å²) >= 11 is 0. The number of nitrogens with zero attached hydrogens (tertiary/aromatic N) is 1. The van der Waals surface area contributed by atoms with Gasteiger partial charge in [0.15, 0.2) is 0 Å². The van der Waals surface area contributed by atoms with Crippen LogP contribution in [0.5, 0.6) is 0 Å². The van der Waals surface area contributed by atoms with E-state index in [0.29, 0.717) is 0 Å². The molecule has 1 amide bonds. The molecule has 1 aromatic carbocycles. The van der Waals surface area contributed by atoms with E-state index < -0.39 is 26.6 Å². The van der Waals surface area contributed by atoms with Crippen LogP contribution in [0.2, 0.25) is 0 Å². The Kier molecular flexibility index (Phi) is 5.28. The van der Waals surface area contributed by atoms with Gasteiger partial charge in [-0.05, 0) is 18.2 Å². The number of benzene rings is 1. The van der Waals surface area contributed by atoms with Crippen molar-refractivity contribution < 1.29 is 22.3 Å². The van der Waals surface area contributed by atoms with Crippen LogP contribution in [0.3, 0.4) is 0 Å². The number of hydrogen-bond acceptors (Lipinski definition) is 4. The van der Waals surface area contributed by atoms with Gasteiger partial charge in [-0.3, -0.25) is 4.79 Å². The molecule has 1 aliphatic heterocycles. The van der Waals surface area contributed by atoms with Crippen LogP contribution < -0.4 is 5.32 Å². The van der Waals surface area contributed by atoms with Gasteiger partial charge in [-0.2, -0.15) is 4.31 Å². The fraction of sp³-hybridized carbons (Fsp3) is 0.357. The van der Waals surface area contributed by atoms with E-state index in [9.17, 15) is 17.6 Å². The summed E-state index contributed by atoms with van der Waals surface area (Å²) in [5, 5.41) is 2.52. The summed E-state index contributed by atoms with van der Waals surface area (Å²) in [7, 11) is -3.99. The summed E-state index contributed by atoms with van der Waals surface area (Å²) in [6.45, 7) is 4.56. The minimum absolute atomic E-state index is 0.0788. The SMILES string of the molecule is C=CCNC(=O)c1ccc(F)c(S(=O)(=O)N2CCOCC2)c1. The summed E-state index contributed by atoms with van der Waals surface area (Å²) in [5.41, 5.74) is 0.0788. The molecule has 2 rings (SSSR count). The van der Waals surface area contributed by atoms with Gasteiger partial charge in [-0.1, -0.05) is 6.08 Å². The van der Waals surface area contributed by atoms with E-state index >= 15 is 0 Å². The smallest absolute Gasteiger partial charge is 0.251 e. The predicted molar refractivity (Wildman–Crippen MR) is 78.5 cm³/mol. The molecule has 1 N–H and O–H groups in total. The third kappa shape index (κ3) is 3.52. The highest BCUT2D eigenvalue weighted by molar-refractivity contribution is 7.89. The molecule has 120 valence electrons. The summed E-state index contributed by atoms with van der Waals surface area (Å²) in [6, 6.07) is 3.28. The molecule has 1 fully saturated rings. The molecule has 1 aliphatic rings. The molecule has 1 saturated heterocycles. The van der Waals surface area contributed by atoms with Crippen molar-refractivity contribution in [2.75, 3.05) is 32.8 Å². The topological polar surface area (TPSA) is 75.7 Å². The summed E-state index contributed by atoms with van der Waals surface area (Å²) in [6.07, 6.45) is 1.49. The summed E-state index contributed by atoms with van der Waals surface area (Å²) in [4.78, 5) is 11.4. The molecule has 0 aromatic heterocycles. The van der Waals surface area contributed by atoms with Crippen molar-refractivity contribution in [1.29, 1.82) is 0 Å². The normalized spacial score (nSPS) is 16.2. The molecule has 8 heteroatoms. The number of halogens is 1. The highest BCUT2D eigenvalue weighted by Gasteiger charge is 2.29. The summed E-state index contributed by atoms with van der Waals surface area (Å²) < 4.78 is 45.2. The van der Waals surface area contributed by atoms with Crippen LogP contribution in [0.1, 0.15) is 10.4 Å². The first-order chi connectivity index (χ1) is 10.5. The van der Waals surface area contributed by atoms with Crippen LogP contribution in [-0.4, -0.2) is 51.5 Å². The van der Waals surface area contributed by atoms with Crippen LogP contribution in [0, 0.1) is 5.82 Å². The Labute approximate surface area is 128 Å². The highest BCUT2D eigenvalue weighted by atomic mass is 32.2. The monoisotopic (exact) mass is 328 g/mol. The number of nitrogens with one attached hydrogen (secondary N) is 1. The zero-order chi connectivity index (χ0) is 16.2. The average Bonchev–Trinajstić information content (AvgIpc) is 2.53. The first-order valence-electron chi connectivity index (χ1n) is 6.73. The second kappa shape index (κ2) is 6.99. The van der Waals surface area contributed by atoms with Crippen LogP contribution in [0.15, 0.2) is 35.7 Å². The van der Waals surface area contributed by atoms with E-state index in [-0.39, 0.29) is 38.4 Å². The molecule has 0 saturated carbocycles. The second-order valence-electron chi connectivity index (χ2n) is 4.66. The van der Waals surface area contributed by atoms with E-state index in [1.54, 1.807) is 0 Å². The van der Waals surface area contributed by atoms with Crippen LogP contribution >= 0.6 is 0 Å². The molecular weight excluding hydrogens is 311 g/mol. The largest absolute Gasteiger partial charge is 0.379 e. The Morgan fingerprint density at radius 1 is 1.41 bits per heavy atom. The Morgan fingerprint density at radius 3 is 2.73 bits per heavy atom. The van der Waals surface area contributed by atoms with Crippen LogP contribution in [0.4, 0.5) is 4.39 Å². The van der Waals surface area contributed by atoms with Crippen LogP contribution in [0.25, 0.3) is 0 Å². The maximum atomic E-state index is 14.0. The molecule has 1 heterocycles. The maximum Gasteiger partial charge on any atom is 0.251 e. The zero-order valence-corrected chi connectivity index (χ0v) is 12.7. The number of carbonyl (C=O) groups excluding carboxylic acids is 1. The fourth-order valence-electron chi connectivity index (χ4n) is 2.04. The minimum Gasteiger partial charge on any atom is -0.379 e. The van der Waals surface area contributed by atoms with Gasteiger partial charge >= 0.3 is 0 Å². The number of amides is 1. The van der Waals surface area contributed by atoms with E-state index in [2.05, 4.69) is 11.9 Å². The number of morpholine rings is 1. The molecule has 1 aromatic rings.